The van der Waals surface area contributed by atoms with Crippen LogP contribution in [-0.4, -0.2) is 50.6 Å². The topological polar surface area (TPSA) is 94.4 Å². The maximum atomic E-state index is 12.5. The van der Waals surface area contributed by atoms with Crippen LogP contribution in [0, 0.1) is 5.92 Å². The molecule has 2 aromatic carbocycles. The first-order valence-electron chi connectivity index (χ1n) is 11.2. The Morgan fingerprint density at radius 3 is 2.51 bits per heavy atom. The number of anilines is 1. The number of urea groups is 1. The van der Waals surface area contributed by atoms with E-state index in [0.717, 1.165) is 12.2 Å². The predicted molar refractivity (Wildman–Crippen MR) is 131 cm³/mol. The van der Waals surface area contributed by atoms with Gasteiger partial charge in [0, 0.05) is 24.2 Å². The Labute approximate surface area is 207 Å². The molecule has 0 aliphatic carbocycles. The third kappa shape index (κ3) is 5.88. The number of carbonyl (C=O) groups is 1. The average molecular weight is 491 g/mol. The molecule has 0 atom stereocenters. The number of halogens is 1. The molecule has 0 spiro atoms. The third-order valence-corrected chi connectivity index (χ3v) is 5.77. The van der Waals surface area contributed by atoms with E-state index in [1.54, 1.807) is 47.8 Å². The lowest BCUT2D eigenvalue weighted by atomic mass is 9.97. The summed E-state index contributed by atoms with van der Waals surface area (Å²) in [4.78, 5) is 19.9. The van der Waals surface area contributed by atoms with Gasteiger partial charge < -0.3 is 19.7 Å². The molecule has 4 aromatic rings. The van der Waals surface area contributed by atoms with Gasteiger partial charge in [0.05, 0.1) is 30.9 Å². The van der Waals surface area contributed by atoms with E-state index in [9.17, 15) is 4.79 Å². The van der Waals surface area contributed by atoms with Gasteiger partial charge in [-0.05, 0) is 60.9 Å². The van der Waals surface area contributed by atoms with Crippen LogP contribution in [0.4, 0.5) is 10.5 Å². The van der Waals surface area contributed by atoms with Gasteiger partial charge in [-0.2, -0.15) is 10.2 Å². The normalized spacial score (nSPS) is 13.2. The number of nitrogens with zero attached hydrogens (tertiary/aromatic N) is 5. The van der Waals surface area contributed by atoms with Crippen LogP contribution in [0.3, 0.4) is 0 Å². The van der Waals surface area contributed by atoms with Gasteiger partial charge in [-0.1, -0.05) is 17.7 Å². The van der Waals surface area contributed by atoms with E-state index in [4.69, 9.17) is 21.1 Å². The van der Waals surface area contributed by atoms with Crippen molar-refractivity contribution in [3.8, 4) is 23.1 Å². The monoisotopic (exact) mass is 490 g/mol. The molecule has 178 valence electrons. The van der Waals surface area contributed by atoms with Gasteiger partial charge in [0.1, 0.15) is 17.2 Å². The highest BCUT2D eigenvalue weighted by atomic mass is 35.5. The number of likely N-dealkylation sites (tertiary alicyclic amines) is 1. The van der Waals surface area contributed by atoms with Gasteiger partial charge in [-0.15, -0.1) is 4.80 Å². The van der Waals surface area contributed by atoms with Crippen LogP contribution in [0.25, 0.3) is 5.82 Å². The minimum Gasteiger partial charge on any atom is -0.493 e. The number of amides is 2. The molecule has 2 amide bonds. The Morgan fingerprint density at radius 1 is 1.00 bits per heavy atom. The lowest BCUT2D eigenvalue weighted by molar-refractivity contribution is 0.113. The molecule has 1 saturated heterocycles. The number of ether oxygens (including phenoxy) is 2. The molecular weight excluding hydrogens is 468 g/mol. The van der Waals surface area contributed by atoms with Gasteiger partial charge in [0.2, 0.25) is 0 Å². The summed E-state index contributed by atoms with van der Waals surface area (Å²) in [5.41, 5.74) is 0.624. The minimum absolute atomic E-state index is 0.138. The minimum atomic E-state index is -0.138. The van der Waals surface area contributed by atoms with E-state index in [0.29, 0.717) is 53.6 Å². The van der Waals surface area contributed by atoms with E-state index in [-0.39, 0.29) is 6.03 Å². The SMILES string of the molecule is O=C(Nc1ccc(-n2nccn2)nc1)N1CC(CCOc2cccc(Oc3ccc(Cl)cc3)c2)C1. The molecule has 2 aromatic heterocycles. The van der Waals surface area contributed by atoms with Crippen molar-refractivity contribution in [3.05, 3.63) is 84.3 Å². The summed E-state index contributed by atoms with van der Waals surface area (Å²) in [5.74, 6) is 3.13. The van der Waals surface area contributed by atoms with Crippen molar-refractivity contribution < 1.29 is 14.3 Å². The highest BCUT2D eigenvalue weighted by Gasteiger charge is 2.30. The first-order chi connectivity index (χ1) is 17.1. The van der Waals surface area contributed by atoms with Gasteiger partial charge in [-0.25, -0.2) is 9.78 Å². The van der Waals surface area contributed by atoms with Crippen LogP contribution in [0.5, 0.6) is 17.2 Å². The Balaban J connectivity index is 1.03. The van der Waals surface area contributed by atoms with Crippen molar-refractivity contribution in [2.75, 3.05) is 25.0 Å². The maximum Gasteiger partial charge on any atom is 0.321 e. The van der Waals surface area contributed by atoms with Crippen LogP contribution in [-0.2, 0) is 0 Å². The Morgan fingerprint density at radius 2 is 1.77 bits per heavy atom. The summed E-state index contributed by atoms with van der Waals surface area (Å²) in [6, 6.07) is 18.1. The van der Waals surface area contributed by atoms with Crippen LogP contribution in [0.2, 0.25) is 5.02 Å². The van der Waals surface area contributed by atoms with E-state index in [2.05, 4.69) is 20.5 Å². The fourth-order valence-corrected chi connectivity index (χ4v) is 3.77. The lowest BCUT2D eigenvalue weighted by Gasteiger charge is -2.39. The van der Waals surface area contributed by atoms with Crippen LogP contribution in [0.1, 0.15) is 6.42 Å². The lowest BCUT2D eigenvalue weighted by Crippen LogP contribution is -2.52. The maximum absolute atomic E-state index is 12.5. The molecular formula is C25H23ClN6O3. The summed E-state index contributed by atoms with van der Waals surface area (Å²) in [7, 11) is 0. The van der Waals surface area contributed by atoms with E-state index >= 15 is 0 Å². The predicted octanol–water partition coefficient (Wildman–Crippen LogP) is 5.04. The van der Waals surface area contributed by atoms with Crippen LogP contribution in [0.15, 0.2) is 79.3 Å². The second kappa shape index (κ2) is 10.4. The first kappa shape index (κ1) is 22.7. The van der Waals surface area contributed by atoms with Crippen molar-refractivity contribution in [1.82, 2.24) is 24.9 Å². The molecule has 35 heavy (non-hydrogen) atoms. The molecule has 1 aliphatic heterocycles. The molecule has 1 N–H and O–H groups in total. The van der Waals surface area contributed by atoms with Crippen molar-refractivity contribution >= 4 is 23.3 Å². The summed E-state index contributed by atoms with van der Waals surface area (Å²) >= 11 is 5.92. The number of carbonyl (C=O) groups excluding carboxylic acids is 1. The fraction of sp³-hybridized carbons (Fsp3) is 0.200. The Bertz CT molecular complexity index is 1260. The van der Waals surface area contributed by atoms with Crippen molar-refractivity contribution in [3.63, 3.8) is 0 Å². The van der Waals surface area contributed by atoms with Gasteiger partial charge in [0.15, 0.2) is 5.82 Å². The van der Waals surface area contributed by atoms with E-state index in [1.165, 1.54) is 4.80 Å². The molecule has 0 radical (unpaired) electrons. The molecule has 0 bridgehead atoms. The molecule has 0 saturated carbocycles. The second-order valence-electron chi connectivity index (χ2n) is 8.09. The number of rotatable bonds is 8. The van der Waals surface area contributed by atoms with Gasteiger partial charge in [-0.3, -0.25) is 0 Å². The zero-order chi connectivity index (χ0) is 24.0. The van der Waals surface area contributed by atoms with Gasteiger partial charge in [0.25, 0.3) is 0 Å². The largest absolute Gasteiger partial charge is 0.493 e. The van der Waals surface area contributed by atoms with E-state index < -0.39 is 0 Å². The molecule has 0 unspecified atom stereocenters. The number of hydrogen-bond acceptors (Lipinski definition) is 6. The quantitative estimate of drug-likeness (QED) is 0.372. The zero-order valence-corrected chi connectivity index (χ0v) is 19.5. The Kier molecular flexibility index (Phi) is 6.76. The average Bonchev–Trinajstić information content (AvgIpc) is 3.38. The number of hydrogen-bond donors (Lipinski definition) is 1. The second-order valence-corrected chi connectivity index (χ2v) is 8.53. The Hall–Kier alpha value is -4.11. The molecule has 9 nitrogen and oxygen atoms in total. The number of pyridine rings is 1. The molecule has 10 heteroatoms. The van der Waals surface area contributed by atoms with Crippen LogP contribution >= 0.6 is 11.6 Å². The number of aromatic nitrogens is 4. The van der Waals surface area contributed by atoms with Crippen molar-refractivity contribution in [2.24, 2.45) is 5.92 Å². The summed E-state index contributed by atoms with van der Waals surface area (Å²) in [6.07, 6.45) is 5.61. The van der Waals surface area contributed by atoms with Crippen molar-refractivity contribution in [1.29, 1.82) is 0 Å². The summed E-state index contributed by atoms with van der Waals surface area (Å²) in [6.45, 7) is 1.95. The van der Waals surface area contributed by atoms with Crippen LogP contribution < -0.4 is 14.8 Å². The molecule has 5 rings (SSSR count). The first-order valence-corrected chi connectivity index (χ1v) is 11.6. The third-order valence-electron chi connectivity index (χ3n) is 5.52. The highest BCUT2D eigenvalue weighted by Crippen LogP contribution is 2.27. The molecule has 1 fully saturated rings. The highest BCUT2D eigenvalue weighted by molar-refractivity contribution is 6.30. The zero-order valence-electron chi connectivity index (χ0n) is 18.8. The number of nitrogens with one attached hydrogen (secondary N) is 1. The van der Waals surface area contributed by atoms with E-state index in [1.807, 2.05) is 36.4 Å². The summed E-state index contributed by atoms with van der Waals surface area (Å²) in [5, 5.41) is 11.6. The fourth-order valence-electron chi connectivity index (χ4n) is 3.64. The number of benzene rings is 2. The smallest absolute Gasteiger partial charge is 0.321 e. The summed E-state index contributed by atoms with van der Waals surface area (Å²) < 4.78 is 11.7. The van der Waals surface area contributed by atoms with Gasteiger partial charge >= 0.3 is 6.03 Å². The molecule has 3 heterocycles. The standard InChI is InChI=1S/C25H23ClN6O3/c26-19-4-7-21(8-5-19)35-23-3-1-2-22(14-23)34-13-10-18-16-31(17-18)25(33)30-20-6-9-24(27-15-20)32-28-11-12-29-32/h1-9,11-12,14-15,18H,10,13,16-17H2,(H,30,33). The molecule has 1 aliphatic rings. The van der Waals surface area contributed by atoms with Crippen molar-refractivity contribution in [2.45, 2.75) is 6.42 Å².